The molecule has 0 saturated carbocycles. The first-order valence-electron chi connectivity index (χ1n) is 5.08. The van der Waals surface area contributed by atoms with Crippen LogP contribution in [0.1, 0.15) is 21.5 Å². The van der Waals surface area contributed by atoms with E-state index in [0.29, 0.717) is 16.7 Å². The van der Waals surface area contributed by atoms with E-state index in [9.17, 15) is 9.18 Å². The van der Waals surface area contributed by atoms with Crippen LogP contribution in [-0.2, 0) is 0 Å². The van der Waals surface area contributed by atoms with Crippen molar-refractivity contribution < 1.29 is 9.18 Å². The topological polar surface area (TPSA) is 17.1 Å². The molecule has 0 unspecified atom stereocenters. The van der Waals surface area contributed by atoms with Crippen LogP contribution in [0.3, 0.4) is 0 Å². The fraction of sp³-hybridized carbons (Fsp3) is 0. The first-order chi connectivity index (χ1) is 8.22. The summed E-state index contributed by atoms with van der Waals surface area (Å²) in [5.74, 6) is 1.90. The largest absolute Gasteiger partial charge is 0.289 e. The molecular weight excluding hydrogens is 215 g/mol. The predicted molar refractivity (Wildman–Crippen MR) is 64.2 cm³/mol. The highest BCUT2D eigenvalue weighted by atomic mass is 19.1. The summed E-state index contributed by atoms with van der Waals surface area (Å²) < 4.78 is 12.8. The Balaban J connectivity index is 2.44. The standard InChI is InChI=1S/C15H9FO/c1-2-11-5-3-4-6-14(11)15(17)12-7-9-13(16)10-8-12/h1,3-10H. The number of halogens is 1. The molecule has 17 heavy (non-hydrogen) atoms. The minimum absolute atomic E-state index is 0.196. The maximum Gasteiger partial charge on any atom is 0.194 e. The fourth-order valence-electron chi connectivity index (χ4n) is 1.56. The van der Waals surface area contributed by atoms with E-state index in [1.54, 1.807) is 24.3 Å². The number of hydrogen-bond acceptors (Lipinski definition) is 1. The van der Waals surface area contributed by atoms with Crippen LogP contribution in [0.15, 0.2) is 48.5 Å². The summed E-state index contributed by atoms with van der Waals surface area (Å²) in [6, 6.07) is 12.3. The minimum Gasteiger partial charge on any atom is -0.289 e. The lowest BCUT2D eigenvalue weighted by Gasteiger charge is -2.03. The van der Waals surface area contributed by atoms with Crippen molar-refractivity contribution in [2.24, 2.45) is 0 Å². The molecule has 2 heteroatoms. The van der Waals surface area contributed by atoms with Crippen molar-refractivity contribution in [1.82, 2.24) is 0 Å². The van der Waals surface area contributed by atoms with Crippen LogP contribution in [0.2, 0.25) is 0 Å². The third-order valence-electron chi connectivity index (χ3n) is 2.43. The van der Waals surface area contributed by atoms with Crippen LogP contribution in [0, 0.1) is 18.2 Å². The Morgan fingerprint density at radius 2 is 1.71 bits per heavy atom. The van der Waals surface area contributed by atoms with Gasteiger partial charge in [0.05, 0.1) is 0 Å². The Hall–Kier alpha value is -2.40. The summed E-state index contributed by atoms with van der Waals surface area (Å²) in [7, 11) is 0. The van der Waals surface area contributed by atoms with Gasteiger partial charge in [-0.05, 0) is 36.4 Å². The number of carbonyl (C=O) groups is 1. The van der Waals surface area contributed by atoms with Crippen LogP contribution < -0.4 is 0 Å². The van der Waals surface area contributed by atoms with E-state index in [4.69, 9.17) is 6.42 Å². The Morgan fingerprint density at radius 3 is 2.35 bits per heavy atom. The van der Waals surface area contributed by atoms with Gasteiger partial charge in [-0.25, -0.2) is 4.39 Å². The second-order valence-corrected chi connectivity index (χ2v) is 3.53. The zero-order chi connectivity index (χ0) is 12.3. The lowest BCUT2D eigenvalue weighted by Crippen LogP contribution is -2.03. The van der Waals surface area contributed by atoms with Gasteiger partial charge in [0.1, 0.15) is 5.82 Å². The van der Waals surface area contributed by atoms with Gasteiger partial charge in [-0.3, -0.25) is 4.79 Å². The van der Waals surface area contributed by atoms with Crippen LogP contribution in [0.25, 0.3) is 0 Å². The van der Waals surface area contributed by atoms with Crippen molar-refractivity contribution in [3.05, 3.63) is 71.0 Å². The highest BCUT2D eigenvalue weighted by Gasteiger charge is 2.11. The van der Waals surface area contributed by atoms with E-state index >= 15 is 0 Å². The molecule has 0 amide bonds. The van der Waals surface area contributed by atoms with E-state index in [1.807, 2.05) is 0 Å². The Bertz CT molecular complexity index is 591. The van der Waals surface area contributed by atoms with E-state index in [1.165, 1.54) is 24.3 Å². The van der Waals surface area contributed by atoms with Crippen molar-refractivity contribution >= 4 is 5.78 Å². The molecule has 0 aliphatic rings. The van der Waals surface area contributed by atoms with Crippen molar-refractivity contribution in [2.45, 2.75) is 0 Å². The average molecular weight is 224 g/mol. The molecule has 1 nitrogen and oxygen atoms in total. The number of terminal acetylenes is 1. The highest BCUT2D eigenvalue weighted by molar-refractivity contribution is 6.10. The third-order valence-corrected chi connectivity index (χ3v) is 2.43. The van der Waals surface area contributed by atoms with Gasteiger partial charge < -0.3 is 0 Å². The second kappa shape index (κ2) is 4.63. The summed E-state index contributed by atoms with van der Waals surface area (Å²) in [6.07, 6.45) is 5.33. The molecule has 0 spiro atoms. The number of benzene rings is 2. The predicted octanol–water partition coefficient (Wildman–Crippen LogP) is 3.04. The number of carbonyl (C=O) groups excluding carboxylic acids is 1. The second-order valence-electron chi connectivity index (χ2n) is 3.53. The summed E-state index contributed by atoms with van der Waals surface area (Å²) in [4.78, 5) is 12.1. The molecule has 0 fully saturated rings. The molecule has 0 aliphatic carbocycles. The molecule has 0 heterocycles. The normalized spacial score (nSPS) is 9.65. The molecular formula is C15H9FO. The number of hydrogen-bond donors (Lipinski definition) is 0. The van der Waals surface area contributed by atoms with Crippen molar-refractivity contribution in [1.29, 1.82) is 0 Å². The van der Waals surface area contributed by atoms with Gasteiger partial charge in [0.2, 0.25) is 0 Å². The quantitative estimate of drug-likeness (QED) is 0.566. The molecule has 0 atom stereocenters. The smallest absolute Gasteiger partial charge is 0.194 e. The summed E-state index contributed by atoms with van der Waals surface area (Å²) in [5.41, 5.74) is 1.43. The van der Waals surface area contributed by atoms with Crippen LogP contribution >= 0.6 is 0 Å². The lowest BCUT2D eigenvalue weighted by molar-refractivity contribution is 0.103. The molecule has 2 aromatic rings. The number of ketones is 1. The molecule has 0 aliphatic heterocycles. The van der Waals surface area contributed by atoms with Gasteiger partial charge in [0.15, 0.2) is 5.78 Å². The van der Waals surface area contributed by atoms with Crippen molar-refractivity contribution in [3.8, 4) is 12.3 Å². The third kappa shape index (κ3) is 2.24. The molecule has 0 N–H and O–H groups in total. The molecule has 0 saturated heterocycles. The molecule has 82 valence electrons. The Kier molecular flexibility index (Phi) is 3.02. The van der Waals surface area contributed by atoms with Crippen molar-refractivity contribution in [2.75, 3.05) is 0 Å². The summed E-state index contributed by atoms with van der Waals surface area (Å²) >= 11 is 0. The highest BCUT2D eigenvalue weighted by Crippen LogP contribution is 2.14. The average Bonchev–Trinajstić information content (AvgIpc) is 2.39. The zero-order valence-electron chi connectivity index (χ0n) is 8.98. The van der Waals surface area contributed by atoms with Gasteiger partial charge >= 0.3 is 0 Å². The molecule has 2 aromatic carbocycles. The van der Waals surface area contributed by atoms with Crippen molar-refractivity contribution in [3.63, 3.8) is 0 Å². The summed E-state index contributed by atoms with van der Waals surface area (Å²) in [5, 5.41) is 0. The van der Waals surface area contributed by atoms with E-state index in [2.05, 4.69) is 5.92 Å². The maximum absolute atomic E-state index is 12.8. The Labute approximate surface area is 98.9 Å². The van der Waals surface area contributed by atoms with Gasteiger partial charge in [0.25, 0.3) is 0 Å². The summed E-state index contributed by atoms with van der Waals surface area (Å²) in [6.45, 7) is 0. The number of rotatable bonds is 2. The first kappa shape index (κ1) is 11.1. The van der Waals surface area contributed by atoms with E-state index in [0.717, 1.165) is 0 Å². The van der Waals surface area contributed by atoms with Crippen LogP contribution in [0.4, 0.5) is 4.39 Å². The zero-order valence-corrected chi connectivity index (χ0v) is 8.98. The van der Waals surface area contributed by atoms with Gasteiger partial charge in [-0.2, -0.15) is 0 Å². The Morgan fingerprint density at radius 1 is 1.06 bits per heavy atom. The van der Waals surface area contributed by atoms with Crippen LogP contribution in [-0.4, -0.2) is 5.78 Å². The molecule has 0 radical (unpaired) electrons. The van der Waals surface area contributed by atoms with E-state index in [-0.39, 0.29) is 11.6 Å². The van der Waals surface area contributed by atoms with Crippen LogP contribution in [0.5, 0.6) is 0 Å². The fourth-order valence-corrected chi connectivity index (χ4v) is 1.56. The monoisotopic (exact) mass is 224 g/mol. The van der Waals surface area contributed by atoms with E-state index < -0.39 is 0 Å². The first-order valence-corrected chi connectivity index (χ1v) is 5.08. The molecule has 0 bridgehead atoms. The lowest BCUT2D eigenvalue weighted by atomic mass is 9.99. The molecule has 0 aromatic heterocycles. The SMILES string of the molecule is C#Cc1ccccc1C(=O)c1ccc(F)cc1. The van der Waals surface area contributed by atoms with Gasteiger partial charge in [0, 0.05) is 16.7 Å². The maximum atomic E-state index is 12.8. The molecule has 2 rings (SSSR count). The van der Waals surface area contributed by atoms with Gasteiger partial charge in [-0.15, -0.1) is 6.42 Å². The minimum atomic E-state index is -0.369. The van der Waals surface area contributed by atoms with Gasteiger partial charge in [-0.1, -0.05) is 18.1 Å².